The summed E-state index contributed by atoms with van der Waals surface area (Å²) < 4.78 is 22.9. The van der Waals surface area contributed by atoms with E-state index in [1.165, 1.54) is 0 Å². The van der Waals surface area contributed by atoms with Crippen LogP contribution in [0.4, 0.5) is 5.69 Å². The van der Waals surface area contributed by atoms with Crippen LogP contribution in [0.2, 0.25) is 0 Å². The van der Waals surface area contributed by atoms with Gasteiger partial charge in [0.05, 0.1) is 11.5 Å². The lowest BCUT2D eigenvalue weighted by Crippen LogP contribution is -2.45. The third kappa shape index (κ3) is 5.68. The van der Waals surface area contributed by atoms with Gasteiger partial charge < -0.3 is 15.5 Å². The van der Waals surface area contributed by atoms with Crippen LogP contribution >= 0.6 is 0 Å². The number of amides is 1. The Hall–Kier alpha value is -2.13. The van der Waals surface area contributed by atoms with Crippen LogP contribution in [0, 0.1) is 0 Å². The Balaban J connectivity index is 1.40. The van der Waals surface area contributed by atoms with Crippen LogP contribution in [0.5, 0.6) is 0 Å². The van der Waals surface area contributed by atoms with E-state index in [4.69, 9.17) is 0 Å². The van der Waals surface area contributed by atoms with Crippen LogP contribution < -0.4 is 15.5 Å². The molecule has 2 fully saturated rings. The topological polar surface area (TPSA) is 94.1 Å². The average molecular weight is 408 g/mol. The Bertz CT molecular complexity index is 793. The van der Waals surface area contributed by atoms with E-state index in [0.717, 1.165) is 30.8 Å². The number of hydrogen-bond acceptors (Lipinski definition) is 5. The van der Waals surface area contributed by atoms with Crippen molar-refractivity contribution in [3.63, 3.8) is 0 Å². The van der Waals surface area contributed by atoms with Crippen molar-refractivity contribution in [2.75, 3.05) is 56.2 Å². The van der Waals surface area contributed by atoms with Crippen LogP contribution in [0.1, 0.15) is 18.4 Å². The van der Waals surface area contributed by atoms with Crippen molar-refractivity contribution in [1.29, 1.82) is 0 Å². The van der Waals surface area contributed by atoms with E-state index in [9.17, 15) is 13.2 Å². The highest BCUT2D eigenvalue weighted by Gasteiger charge is 2.22. The number of rotatable bonds is 6. The molecule has 3 rings (SSSR count). The molecule has 0 bridgehead atoms. The predicted octanol–water partition coefficient (Wildman–Crippen LogP) is 0.209. The highest BCUT2D eigenvalue weighted by molar-refractivity contribution is 7.91. The highest BCUT2D eigenvalue weighted by atomic mass is 32.2. The minimum absolute atomic E-state index is 0.196. The number of carbonyl (C=O) groups excluding carboxylic acids is 1. The number of nitrogens with zero attached hydrogens (tertiary/aromatic N) is 3. The van der Waals surface area contributed by atoms with Gasteiger partial charge in [-0.3, -0.25) is 14.7 Å². The molecular weight excluding hydrogens is 378 g/mol. The van der Waals surface area contributed by atoms with Crippen molar-refractivity contribution in [2.24, 2.45) is 4.99 Å². The predicted molar refractivity (Wildman–Crippen MR) is 111 cm³/mol. The molecule has 8 nitrogen and oxygen atoms in total. The van der Waals surface area contributed by atoms with Gasteiger partial charge in [0.1, 0.15) is 0 Å². The molecule has 0 aliphatic carbocycles. The fraction of sp³-hybridized carbons (Fsp3) is 0.579. The van der Waals surface area contributed by atoms with E-state index < -0.39 is 9.84 Å². The summed E-state index contributed by atoms with van der Waals surface area (Å²) in [4.78, 5) is 20.0. The Morgan fingerprint density at radius 1 is 1.11 bits per heavy atom. The van der Waals surface area contributed by atoms with Gasteiger partial charge in [0.25, 0.3) is 0 Å². The maximum absolute atomic E-state index is 11.8. The molecule has 0 unspecified atom stereocenters. The number of sulfone groups is 1. The molecule has 1 amide bonds. The molecule has 154 valence electrons. The number of anilines is 1. The lowest BCUT2D eigenvalue weighted by atomic mass is 10.2. The van der Waals surface area contributed by atoms with E-state index >= 15 is 0 Å². The molecule has 2 aliphatic heterocycles. The molecule has 0 saturated carbocycles. The first-order valence-corrected chi connectivity index (χ1v) is 11.6. The van der Waals surface area contributed by atoms with Crippen LogP contribution in [0.15, 0.2) is 29.3 Å². The van der Waals surface area contributed by atoms with Gasteiger partial charge in [-0.25, -0.2) is 8.42 Å². The zero-order valence-corrected chi connectivity index (χ0v) is 17.2. The molecule has 9 heteroatoms. The normalized spacial score (nSPS) is 20.4. The van der Waals surface area contributed by atoms with Gasteiger partial charge >= 0.3 is 0 Å². The van der Waals surface area contributed by atoms with Crippen molar-refractivity contribution in [2.45, 2.75) is 19.4 Å². The van der Waals surface area contributed by atoms with Crippen LogP contribution in [-0.2, 0) is 21.2 Å². The number of nitrogens with one attached hydrogen (secondary N) is 2. The van der Waals surface area contributed by atoms with Gasteiger partial charge in [0.2, 0.25) is 5.91 Å². The maximum Gasteiger partial charge on any atom is 0.227 e. The third-order valence-electron chi connectivity index (χ3n) is 5.16. The van der Waals surface area contributed by atoms with Gasteiger partial charge in [-0.1, -0.05) is 12.1 Å². The Morgan fingerprint density at radius 2 is 1.82 bits per heavy atom. The van der Waals surface area contributed by atoms with Crippen LogP contribution in [0.3, 0.4) is 0 Å². The molecule has 2 saturated heterocycles. The molecule has 2 heterocycles. The number of carbonyl (C=O) groups is 1. The zero-order valence-electron chi connectivity index (χ0n) is 16.4. The zero-order chi connectivity index (χ0) is 20.0. The lowest BCUT2D eigenvalue weighted by molar-refractivity contribution is -0.117. The number of aliphatic imine (C=N–C) groups is 1. The Labute approximate surface area is 166 Å². The van der Waals surface area contributed by atoms with Crippen molar-refractivity contribution in [3.8, 4) is 0 Å². The van der Waals surface area contributed by atoms with Gasteiger partial charge in [-0.05, 0) is 24.1 Å². The fourth-order valence-electron chi connectivity index (χ4n) is 3.43. The summed E-state index contributed by atoms with van der Waals surface area (Å²) in [6.07, 6.45) is 1.57. The summed E-state index contributed by atoms with van der Waals surface area (Å²) in [5.41, 5.74) is 2.07. The van der Waals surface area contributed by atoms with E-state index in [-0.39, 0.29) is 17.4 Å². The van der Waals surface area contributed by atoms with E-state index in [2.05, 4.69) is 20.5 Å². The molecule has 0 spiro atoms. The quantitative estimate of drug-likeness (QED) is 0.517. The largest absolute Gasteiger partial charge is 0.355 e. The maximum atomic E-state index is 11.8. The summed E-state index contributed by atoms with van der Waals surface area (Å²) in [5, 5.41) is 6.54. The van der Waals surface area contributed by atoms with E-state index in [1.54, 1.807) is 7.05 Å². The van der Waals surface area contributed by atoms with Crippen molar-refractivity contribution >= 4 is 27.4 Å². The average Bonchev–Trinajstić information content (AvgIpc) is 3.12. The van der Waals surface area contributed by atoms with Gasteiger partial charge in [-0.2, -0.15) is 0 Å². The molecule has 0 aromatic heterocycles. The monoisotopic (exact) mass is 407 g/mol. The second-order valence-corrected chi connectivity index (χ2v) is 9.47. The van der Waals surface area contributed by atoms with Gasteiger partial charge in [0, 0.05) is 58.4 Å². The smallest absolute Gasteiger partial charge is 0.227 e. The van der Waals surface area contributed by atoms with Crippen LogP contribution in [0.25, 0.3) is 0 Å². The molecular formula is C19H29N5O3S. The van der Waals surface area contributed by atoms with Gasteiger partial charge in [0.15, 0.2) is 15.8 Å². The summed E-state index contributed by atoms with van der Waals surface area (Å²) in [7, 11) is -1.11. The second kappa shape index (κ2) is 9.38. The van der Waals surface area contributed by atoms with Crippen molar-refractivity contribution < 1.29 is 13.2 Å². The number of hydrogen-bond donors (Lipinski definition) is 2. The minimum Gasteiger partial charge on any atom is -0.355 e. The van der Waals surface area contributed by atoms with E-state index in [0.29, 0.717) is 38.6 Å². The third-order valence-corrected chi connectivity index (χ3v) is 6.77. The molecule has 2 N–H and O–H groups in total. The lowest BCUT2D eigenvalue weighted by Gasteiger charge is -2.26. The number of guanidine groups is 1. The van der Waals surface area contributed by atoms with E-state index in [1.807, 2.05) is 29.2 Å². The minimum atomic E-state index is -2.83. The van der Waals surface area contributed by atoms with Crippen molar-refractivity contribution in [3.05, 3.63) is 29.8 Å². The molecule has 1 aromatic rings. The summed E-state index contributed by atoms with van der Waals surface area (Å²) in [6, 6.07) is 8.02. The Kier molecular flexibility index (Phi) is 6.90. The Morgan fingerprint density at radius 3 is 2.43 bits per heavy atom. The van der Waals surface area contributed by atoms with Gasteiger partial charge in [-0.15, -0.1) is 0 Å². The highest BCUT2D eigenvalue weighted by Crippen LogP contribution is 2.21. The molecule has 28 heavy (non-hydrogen) atoms. The standard InChI is InChI=1S/C19H29N5O3S/c1-20-19(21-8-10-23-11-13-28(26,27)14-12-23)22-15-16-4-6-17(7-5-16)24-9-2-3-18(24)25/h4-7H,2-3,8-15H2,1H3,(H2,20,21,22). The summed E-state index contributed by atoms with van der Waals surface area (Å²) >= 11 is 0. The molecule has 0 radical (unpaired) electrons. The fourth-order valence-corrected chi connectivity index (χ4v) is 4.70. The molecule has 0 atom stereocenters. The first-order valence-electron chi connectivity index (χ1n) is 9.73. The molecule has 1 aromatic carbocycles. The molecule has 2 aliphatic rings. The first kappa shape index (κ1) is 20.6. The first-order chi connectivity index (χ1) is 13.5. The SMILES string of the molecule is CN=C(NCCN1CCS(=O)(=O)CC1)NCc1ccc(N2CCCC2=O)cc1. The second-order valence-electron chi connectivity index (χ2n) is 7.16. The summed E-state index contributed by atoms with van der Waals surface area (Å²) in [6.45, 7) is 4.13. The number of benzene rings is 1. The van der Waals surface area contributed by atoms with Crippen LogP contribution in [-0.4, -0.2) is 76.5 Å². The van der Waals surface area contributed by atoms with Crippen molar-refractivity contribution in [1.82, 2.24) is 15.5 Å². The summed E-state index contributed by atoms with van der Waals surface area (Å²) in [5.74, 6) is 1.41.